The van der Waals surface area contributed by atoms with E-state index in [0.717, 1.165) is 55.2 Å². The lowest BCUT2D eigenvalue weighted by Gasteiger charge is -2.37. The Labute approximate surface area is 209 Å². The Morgan fingerprint density at radius 3 is 2.51 bits per heavy atom. The number of ether oxygens (including phenoxy) is 3. The van der Waals surface area contributed by atoms with Gasteiger partial charge in [-0.25, -0.2) is 0 Å². The minimum Gasteiger partial charge on any atom is -0.469 e. The van der Waals surface area contributed by atoms with E-state index < -0.39 is 0 Å². The van der Waals surface area contributed by atoms with Gasteiger partial charge in [0, 0.05) is 37.4 Å². The number of benzene rings is 2. The first kappa shape index (κ1) is 26.5. The van der Waals surface area contributed by atoms with Crippen molar-refractivity contribution in [1.82, 2.24) is 0 Å². The van der Waals surface area contributed by atoms with Gasteiger partial charge in [-0.15, -0.1) is 0 Å². The molecule has 0 aliphatic carbocycles. The van der Waals surface area contributed by atoms with Crippen molar-refractivity contribution >= 4 is 23.0 Å². The molecule has 0 radical (unpaired) electrons. The first-order chi connectivity index (χ1) is 16.9. The van der Waals surface area contributed by atoms with Crippen LogP contribution in [-0.4, -0.2) is 51.6 Å². The van der Waals surface area contributed by atoms with E-state index in [4.69, 9.17) is 19.5 Å². The van der Waals surface area contributed by atoms with Gasteiger partial charge in [0.05, 0.1) is 49.2 Å². The minimum atomic E-state index is -0.259. The molecule has 1 aliphatic rings. The van der Waals surface area contributed by atoms with E-state index in [1.54, 1.807) is 12.1 Å². The van der Waals surface area contributed by atoms with Gasteiger partial charge in [-0.1, -0.05) is 6.07 Å². The molecular weight excluding hydrogens is 442 g/mol. The molecule has 0 aromatic heterocycles. The number of methoxy groups -OCH3 is 1. The number of hydrogen-bond donors (Lipinski definition) is 1. The van der Waals surface area contributed by atoms with Crippen LogP contribution in [0.3, 0.4) is 0 Å². The van der Waals surface area contributed by atoms with Gasteiger partial charge >= 0.3 is 5.97 Å². The summed E-state index contributed by atoms with van der Waals surface area (Å²) >= 11 is 0. The third kappa shape index (κ3) is 7.45. The molecule has 0 bridgehead atoms. The summed E-state index contributed by atoms with van der Waals surface area (Å²) < 4.78 is 16.5. The molecule has 1 N–H and O–H groups in total. The lowest BCUT2D eigenvalue weighted by molar-refractivity contribution is -0.141. The Hall–Kier alpha value is -3.08. The van der Waals surface area contributed by atoms with Crippen molar-refractivity contribution in [3.05, 3.63) is 53.6 Å². The molecule has 0 saturated carbocycles. The molecule has 7 heteroatoms. The van der Waals surface area contributed by atoms with Crippen molar-refractivity contribution in [2.75, 3.05) is 43.7 Å². The quantitative estimate of drug-likeness (QED) is 0.433. The lowest BCUT2D eigenvalue weighted by atomic mass is 9.94. The van der Waals surface area contributed by atoms with Crippen LogP contribution in [0, 0.1) is 11.3 Å². The Bertz CT molecular complexity index is 994. The van der Waals surface area contributed by atoms with Gasteiger partial charge in [-0.2, -0.15) is 5.26 Å². The molecule has 1 atom stereocenters. The van der Waals surface area contributed by atoms with Gasteiger partial charge < -0.3 is 24.4 Å². The maximum Gasteiger partial charge on any atom is 0.306 e. The average Bonchev–Trinajstić information content (AvgIpc) is 2.88. The Morgan fingerprint density at radius 1 is 1.20 bits per heavy atom. The van der Waals surface area contributed by atoms with E-state index >= 15 is 0 Å². The number of nitrogens with one attached hydrogen (secondary N) is 1. The van der Waals surface area contributed by atoms with Crippen LogP contribution in [0.4, 0.5) is 17.1 Å². The van der Waals surface area contributed by atoms with E-state index in [-0.39, 0.29) is 24.4 Å². The van der Waals surface area contributed by atoms with Crippen molar-refractivity contribution in [2.24, 2.45) is 0 Å². The van der Waals surface area contributed by atoms with Crippen molar-refractivity contribution in [3.63, 3.8) is 0 Å². The van der Waals surface area contributed by atoms with E-state index in [0.29, 0.717) is 18.2 Å². The molecule has 2 aromatic carbocycles. The van der Waals surface area contributed by atoms with Crippen LogP contribution in [0.2, 0.25) is 0 Å². The number of carbonyl (C=O) groups excluding carboxylic acids is 1. The molecule has 35 heavy (non-hydrogen) atoms. The third-order valence-electron chi connectivity index (χ3n) is 6.34. The first-order valence-electron chi connectivity index (χ1n) is 12.4. The van der Waals surface area contributed by atoms with Crippen molar-refractivity contribution < 1.29 is 19.0 Å². The molecule has 0 unspecified atom stereocenters. The summed E-state index contributed by atoms with van der Waals surface area (Å²) in [5, 5.41) is 12.7. The molecule has 0 amide bonds. The van der Waals surface area contributed by atoms with Crippen LogP contribution >= 0.6 is 0 Å². The molecule has 1 saturated heterocycles. The monoisotopic (exact) mass is 479 g/mol. The van der Waals surface area contributed by atoms with Gasteiger partial charge in [-0.05, 0) is 75.6 Å². The lowest BCUT2D eigenvalue weighted by Crippen LogP contribution is -2.39. The summed E-state index contributed by atoms with van der Waals surface area (Å²) in [5.41, 5.74) is 4.59. The standard InChI is InChI=1S/C28H37N3O4/c1-5-31(25-12-14-34-15-13-25)27-11-8-22(23(17-28(32)33-4)19-35-20(2)3)16-26(27)30-24-9-6-21(18-29)7-10-24/h6-11,16,20,23,25,30H,5,12-15,17,19H2,1-4H3/t23-/m1/s1. The molecule has 1 aliphatic heterocycles. The van der Waals surface area contributed by atoms with Crippen LogP contribution in [0.1, 0.15) is 57.1 Å². The van der Waals surface area contributed by atoms with E-state index in [9.17, 15) is 4.79 Å². The van der Waals surface area contributed by atoms with Gasteiger partial charge in [-0.3, -0.25) is 4.79 Å². The normalized spacial score (nSPS) is 14.9. The Balaban J connectivity index is 1.99. The van der Waals surface area contributed by atoms with Gasteiger partial charge in [0.2, 0.25) is 0 Å². The third-order valence-corrected chi connectivity index (χ3v) is 6.34. The van der Waals surface area contributed by atoms with Crippen LogP contribution < -0.4 is 10.2 Å². The highest BCUT2D eigenvalue weighted by Crippen LogP contribution is 2.36. The second kappa shape index (κ2) is 13.1. The number of esters is 1. The molecule has 188 valence electrons. The molecular formula is C28H37N3O4. The zero-order valence-corrected chi connectivity index (χ0v) is 21.3. The zero-order valence-electron chi connectivity index (χ0n) is 21.3. The fraction of sp³-hybridized carbons (Fsp3) is 0.500. The number of nitriles is 1. The summed E-state index contributed by atoms with van der Waals surface area (Å²) in [6.07, 6.45) is 2.28. The van der Waals surface area contributed by atoms with E-state index in [1.165, 1.54) is 7.11 Å². The highest BCUT2D eigenvalue weighted by atomic mass is 16.5. The number of anilines is 3. The van der Waals surface area contributed by atoms with Crippen molar-refractivity contribution in [2.45, 2.75) is 58.1 Å². The molecule has 3 rings (SSSR count). The SMILES string of the molecule is CCN(c1ccc([C@@H](COC(C)C)CC(=O)OC)cc1Nc1ccc(C#N)cc1)C1CCOCC1. The maximum atomic E-state index is 12.2. The summed E-state index contributed by atoms with van der Waals surface area (Å²) in [7, 11) is 1.41. The largest absolute Gasteiger partial charge is 0.469 e. The molecule has 1 heterocycles. The van der Waals surface area contributed by atoms with Crippen molar-refractivity contribution in [1.29, 1.82) is 5.26 Å². The average molecular weight is 480 g/mol. The smallest absolute Gasteiger partial charge is 0.306 e. The summed E-state index contributed by atoms with van der Waals surface area (Å²) in [6, 6.07) is 16.3. The van der Waals surface area contributed by atoms with Crippen LogP contribution in [0.5, 0.6) is 0 Å². The van der Waals surface area contributed by atoms with Gasteiger partial charge in [0.25, 0.3) is 0 Å². The predicted octanol–water partition coefficient (Wildman–Crippen LogP) is 5.38. The molecule has 0 spiro atoms. The second-order valence-electron chi connectivity index (χ2n) is 9.08. The highest BCUT2D eigenvalue weighted by molar-refractivity contribution is 5.77. The van der Waals surface area contributed by atoms with Gasteiger partial charge in [0.15, 0.2) is 0 Å². The summed E-state index contributed by atoms with van der Waals surface area (Å²) in [5.74, 6) is -0.385. The number of rotatable bonds is 11. The molecule has 1 fully saturated rings. The van der Waals surface area contributed by atoms with E-state index in [1.807, 2.05) is 26.0 Å². The van der Waals surface area contributed by atoms with E-state index in [2.05, 4.69) is 41.4 Å². The van der Waals surface area contributed by atoms with Crippen LogP contribution in [0.15, 0.2) is 42.5 Å². The van der Waals surface area contributed by atoms with Gasteiger partial charge in [0.1, 0.15) is 0 Å². The number of nitrogens with zero attached hydrogens (tertiary/aromatic N) is 2. The number of carbonyl (C=O) groups is 1. The highest BCUT2D eigenvalue weighted by Gasteiger charge is 2.25. The Morgan fingerprint density at radius 2 is 1.91 bits per heavy atom. The fourth-order valence-electron chi connectivity index (χ4n) is 4.43. The summed E-state index contributed by atoms with van der Waals surface area (Å²) in [4.78, 5) is 14.6. The maximum absolute atomic E-state index is 12.2. The summed E-state index contributed by atoms with van der Waals surface area (Å²) in [6.45, 7) is 8.99. The molecule has 2 aromatic rings. The molecule has 7 nitrogen and oxygen atoms in total. The van der Waals surface area contributed by atoms with Crippen LogP contribution in [0.25, 0.3) is 0 Å². The van der Waals surface area contributed by atoms with Crippen molar-refractivity contribution in [3.8, 4) is 6.07 Å². The topological polar surface area (TPSA) is 83.8 Å². The second-order valence-corrected chi connectivity index (χ2v) is 9.08. The zero-order chi connectivity index (χ0) is 25.2. The fourth-order valence-corrected chi connectivity index (χ4v) is 4.43. The minimum absolute atomic E-state index is 0.0646. The first-order valence-corrected chi connectivity index (χ1v) is 12.4. The number of hydrogen-bond acceptors (Lipinski definition) is 7. The Kier molecular flexibility index (Phi) is 9.95. The predicted molar refractivity (Wildman–Crippen MR) is 138 cm³/mol. The van der Waals surface area contributed by atoms with Crippen LogP contribution in [-0.2, 0) is 19.0 Å².